The van der Waals surface area contributed by atoms with Gasteiger partial charge in [0.25, 0.3) is 0 Å². The van der Waals surface area contributed by atoms with Crippen molar-refractivity contribution in [1.29, 1.82) is 0 Å². The van der Waals surface area contributed by atoms with Gasteiger partial charge in [0, 0.05) is 6.07 Å². The fourth-order valence-electron chi connectivity index (χ4n) is 2.46. The normalized spacial score (nSPS) is 13.2. The Morgan fingerprint density at radius 2 is 1.66 bits per heavy atom. The standard InChI is InChI=1S/C19H19F3N2O5/c1-28-13-8-9-15(29-2)14(10-13)24-17(26)16(25)23-11-18(27,19(20,21)22)12-6-4-3-5-7-12/h3-10,27H,11H2,1-2H3,(H,23,25)(H,24,26). The van der Waals surface area contributed by atoms with Crippen LogP contribution in [0.3, 0.4) is 0 Å². The summed E-state index contributed by atoms with van der Waals surface area (Å²) in [4.78, 5) is 24.1. The van der Waals surface area contributed by atoms with Crippen molar-refractivity contribution in [3.63, 3.8) is 0 Å². The molecule has 0 saturated carbocycles. The second-order valence-corrected chi connectivity index (χ2v) is 5.93. The monoisotopic (exact) mass is 412 g/mol. The molecule has 0 aliphatic carbocycles. The van der Waals surface area contributed by atoms with Crippen molar-refractivity contribution in [1.82, 2.24) is 5.32 Å². The number of anilines is 1. The molecule has 3 N–H and O–H groups in total. The number of alkyl halides is 3. The van der Waals surface area contributed by atoms with Gasteiger partial charge < -0.3 is 25.2 Å². The van der Waals surface area contributed by atoms with Gasteiger partial charge in [-0.15, -0.1) is 0 Å². The number of nitrogens with one attached hydrogen (secondary N) is 2. The second kappa shape index (κ2) is 8.82. The molecule has 0 heterocycles. The van der Waals surface area contributed by atoms with Gasteiger partial charge in [-0.05, 0) is 17.7 Å². The van der Waals surface area contributed by atoms with Crippen LogP contribution in [0.2, 0.25) is 0 Å². The van der Waals surface area contributed by atoms with Crippen molar-refractivity contribution < 1.29 is 37.3 Å². The van der Waals surface area contributed by atoms with Gasteiger partial charge in [-0.2, -0.15) is 13.2 Å². The number of hydrogen-bond donors (Lipinski definition) is 3. The molecule has 0 radical (unpaired) electrons. The maximum absolute atomic E-state index is 13.4. The number of rotatable bonds is 6. The zero-order valence-electron chi connectivity index (χ0n) is 15.5. The number of methoxy groups -OCH3 is 2. The van der Waals surface area contributed by atoms with Crippen LogP contribution in [0.5, 0.6) is 11.5 Å². The van der Waals surface area contributed by atoms with Crippen molar-refractivity contribution >= 4 is 17.5 Å². The summed E-state index contributed by atoms with van der Waals surface area (Å²) in [6, 6.07) is 10.7. The Hall–Kier alpha value is -3.27. The first-order chi connectivity index (χ1) is 13.6. The van der Waals surface area contributed by atoms with Gasteiger partial charge in [0.1, 0.15) is 11.5 Å². The molecule has 156 valence electrons. The van der Waals surface area contributed by atoms with E-state index in [1.165, 1.54) is 44.6 Å². The average Bonchev–Trinajstić information content (AvgIpc) is 2.71. The maximum Gasteiger partial charge on any atom is 0.423 e. The Morgan fingerprint density at radius 3 is 2.21 bits per heavy atom. The van der Waals surface area contributed by atoms with E-state index in [-0.39, 0.29) is 11.4 Å². The third-order valence-corrected chi connectivity index (χ3v) is 4.09. The summed E-state index contributed by atoms with van der Waals surface area (Å²) in [5.41, 5.74) is -3.75. The molecular formula is C19H19F3N2O5. The molecule has 2 aromatic carbocycles. The highest BCUT2D eigenvalue weighted by molar-refractivity contribution is 6.39. The highest BCUT2D eigenvalue weighted by Gasteiger charge is 2.55. The Morgan fingerprint density at radius 1 is 1.00 bits per heavy atom. The van der Waals surface area contributed by atoms with Crippen LogP contribution in [-0.2, 0) is 15.2 Å². The molecule has 0 aromatic heterocycles. The maximum atomic E-state index is 13.4. The molecule has 2 aromatic rings. The van der Waals surface area contributed by atoms with Crippen molar-refractivity contribution in [2.45, 2.75) is 11.8 Å². The number of hydrogen-bond acceptors (Lipinski definition) is 5. The molecule has 2 amide bonds. The van der Waals surface area contributed by atoms with E-state index in [2.05, 4.69) is 5.32 Å². The zero-order chi connectivity index (χ0) is 21.7. The smallest absolute Gasteiger partial charge is 0.423 e. The lowest BCUT2D eigenvalue weighted by molar-refractivity contribution is -0.264. The minimum absolute atomic E-state index is 0.0844. The Balaban J connectivity index is 2.14. The lowest BCUT2D eigenvalue weighted by Gasteiger charge is -2.31. The third kappa shape index (κ3) is 4.96. The van der Waals surface area contributed by atoms with Crippen LogP contribution in [0.15, 0.2) is 48.5 Å². The lowest BCUT2D eigenvalue weighted by Crippen LogP contribution is -2.52. The summed E-state index contributed by atoms with van der Waals surface area (Å²) >= 11 is 0. The average molecular weight is 412 g/mol. The van der Waals surface area contributed by atoms with Crippen molar-refractivity contribution in [2.24, 2.45) is 0 Å². The molecule has 29 heavy (non-hydrogen) atoms. The van der Waals surface area contributed by atoms with Crippen LogP contribution in [-0.4, -0.2) is 43.9 Å². The Labute approximate surface area is 164 Å². The molecule has 10 heteroatoms. The molecule has 1 unspecified atom stereocenters. The van der Waals surface area contributed by atoms with E-state index in [4.69, 9.17) is 9.47 Å². The first-order valence-electron chi connectivity index (χ1n) is 8.28. The largest absolute Gasteiger partial charge is 0.497 e. The highest BCUT2D eigenvalue weighted by Crippen LogP contribution is 2.38. The minimum Gasteiger partial charge on any atom is -0.497 e. The van der Waals surface area contributed by atoms with Crippen molar-refractivity contribution in [3.05, 3.63) is 54.1 Å². The van der Waals surface area contributed by atoms with Crippen molar-refractivity contribution in [2.75, 3.05) is 26.1 Å². The molecule has 0 aliphatic rings. The number of aliphatic hydroxyl groups is 1. The van der Waals surface area contributed by atoms with Gasteiger partial charge >= 0.3 is 18.0 Å². The molecule has 0 saturated heterocycles. The molecule has 7 nitrogen and oxygen atoms in total. The number of benzene rings is 2. The lowest BCUT2D eigenvalue weighted by atomic mass is 9.93. The minimum atomic E-state index is -5.09. The quantitative estimate of drug-likeness (QED) is 0.633. The van der Waals surface area contributed by atoms with E-state index in [9.17, 15) is 27.9 Å². The van der Waals surface area contributed by atoms with Crippen LogP contribution in [0.25, 0.3) is 0 Å². The fraction of sp³-hybridized carbons (Fsp3) is 0.263. The van der Waals surface area contributed by atoms with Gasteiger partial charge in [-0.3, -0.25) is 9.59 Å². The Kier molecular flexibility index (Phi) is 6.70. The number of halogens is 3. The van der Waals surface area contributed by atoms with Gasteiger partial charge in [-0.1, -0.05) is 30.3 Å². The molecule has 0 fully saturated rings. The molecule has 2 rings (SSSR count). The predicted molar refractivity (Wildman–Crippen MR) is 97.6 cm³/mol. The molecule has 0 spiro atoms. The summed E-state index contributed by atoms with van der Waals surface area (Å²) in [6.45, 7) is -1.25. The predicted octanol–water partition coefficient (Wildman–Crippen LogP) is 2.21. The van der Waals surface area contributed by atoms with E-state index in [0.29, 0.717) is 5.75 Å². The molecule has 1 atom stereocenters. The van der Waals surface area contributed by atoms with Crippen LogP contribution >= 0.6 is 0 Å². The molecule has 0 aliphatic heterocycles. The van der Waals surface area contributed by atoms with E-state index in [1.54, 1.807) is 6.07 Å². The summed E-state index contributed by atoms with van der Waals surface area (Å²) in [5, 5.41) is 14.2. The zero-order valence-corrected chi connectivity index (χ0v) is 15.5. The van der Waals surface area contributed by atoms with Gasteiger partial charge in [0.05, 0.1) is 26.5 Å². The summed E-state index contributed by atoms with van der Waals surface area (Å²) < 4.78 is 50.4. The van der Waals surface area contributed by atoms with Gasteiger partial charge in [-0.25, -0.2) is 0 Å². The number of ether oxygens (including phenoxy) is 2. The van der Waals surface area contributed by atoms with E-state index < -0.39 is 35.7 Å². The van der Waals surface area contributed by atoms with Crippen LogP contribution in [0, 0.1) is 0 Å². The second-order valence-electron chi connectivity index (χ2n) is 5.93. The topological polar surface area (TPSA) is 96.9 Å². The van der Waals surface area contributed by atoms with Gasteiger partial charge in [0.2, 0.25) is 5.60 Å². The van der Waals surface area contributed by atoms with Crippen LogP contribution in [0.1, 0.15) is 5.56 Å². The molecular weight excluding hydrogens is 393 g/mol. The third-order valence-electron chi connectivity index (χ3n) is 4.09. The van der Waals surface area contributed by atoms with E-state index in [0.717, 1.165) is 12.1 Å². The molecule has 0 bridgehead atoms. The highest BCUT2D eigenvalue weighted by atomic mass is 19.4. The number of amides is 2. The first kappa shape index (κ1) is 22.0. The van der Waals surface area contributed by atoms with Gasteiger partial charge in [0.15, 0.2) is 0 Å². The van der Waals surface area contributed by atoms with Crippen LogP contribution < -0.4 is 20.1 Å². The number of carbonyl (C=O) groups excluding carboxylic acids is 2. The summed E-state index contributed by atoms with van der Waals surface area (Å²) in [5.74, 6) is -2.04. The SMILES string of the molecule is COc1ccc(OC)c(NC(=O)C(=O)NCC(O)(c2ccccc2)C(F)(F)F)c1. The Bertz CT molecular complexity index is 874. The van der Waals surface area contributed by atoms with Crippen LogP contribution in [0.4, 0.5) is 18.9 Å². The first-order valence-corrected chi connectivity index (χ1v) is 8.28. The van der Waals surface area contributed by atoms with Crippen molar-refractivity contribution in [3.8, 4) is 11.5 Å². The van der Waals surface area contributed by atoms with E-state index >= 15 is 0 Å². The fourth-order valence-corrected chi connectivity index (χ4v) is 2.46. The summed E-state index contributed by atoms with van der Waals surface area (Å²) in [6.07, 6.45) is -5.09. The van der Waals surface area contributed by atoms with E-state index in [1.807, 2.05) is 5.32 Å². The number of carbonyl (C=O) groups is 2. The summed E-state index contributed by atoms with van der Waals surface area (Å²) in [7, 11) is 2.72.